The van der Waals surface area contributed by atoms with Crippen LogP contribution in [0.15, 0.2) is 48.5 Å². The summed E-state index contributed by atoms with van der Waals surface area (Å²) in [5.74, 6) is 0.270. The van der Waals surface area contributed by atoms with Crippen LogP contribution in [0, 0.1) is 0 Å². The summed E-state index contributed by atoms with van der Waals surface area (Å²) >= 11 is 0. The summed E-state index contributed by atoms with van der Waals surface area (Å²) in [7, 11) is 0. The fourth-order valence-corrected chi connectivity index (χ4v) is 2.68. The number of halogens is 1. The van der Waals surface area contributed by atoms with E-state index in [4.69, 9.17) is 5.73 Å². The van der Waals surface area contributed by atoms with Crippen LogP contribution in [0.5, 0.6) is 0 Å². The highest BCUT2D eigenvalue weighted by molar-refractivity contribution is 5.95. The van der Waals surface area contributed by atoms with Crippen molar-refractivity contribution < 1.29 is 9.59 Å². The van der Waals surface area contributed by atoms with Gasteiger partial charge in [0.05, 0.1) is 0 Å². The lowest BCUT2D eigenvalue weighted by Crippen LogP contribution is -2.34. The quantitative estimate of drug-likeness (QED) is 0.542. The normalized spacial score (nSPS) is 11.6. The van der Waals surface area contributed by atoms with Gasteiger partial charge in [0.25, 0.3) is 5.91 Å². The number of urea groups is 1. The van der Waals surface area contributed by atoms with Gasteiger partial charge in [-0.2, -0.15) is 0 Å². The first kappa shape index (κ1) is 24.5. The molecule has 158 valence electrons. The summed E-state index contributed by atoms with van der Waals surface area (Å²) in [6.07, 6.45) is 0. The summed E-state index contributed by atoms with van der Waals surface area (Å²) in [6.45, 7) is 8.41. The van der Waals surface area contributed by atoms with Gasteiger partial charge in [-0.05, 0) is 55.2 Å². The predicted molar refractivity (Wildman–Crippen MR) is 121 cm³/mol. The Kier molecular flexibility index (Phi) is 9.65. The average Bonchev–Trinajstić information content (AvgIpc) is 2.65. The van der Waals surface area contributed by atoms with E-state index in [2.05, 4.69) is 41.9 Å². The van der Waals surface area contributed by atoms with Crippen LogP contribution in [0.1, 0.15) is 61.1 Å². The molecule has 0 saturated heterocycles. The fraction of sp³-hybridized carbons (Fsp3) is 0.364. The molecular formula is C22H31ClN4O2. The van der Waals surface area contributed by atoms with Crippen molar-refractivity contribution in [3.63, 3.8) is 0 Å². The van der Waals surface area contributed by atoms with Gasteiger partial charge in [0.2, 0.25) is 0 Å². The van der Waals surface area contributed by atoms with Gasteiger partial charge in [0.15, 0.2) is 0 Å². The van der Waals surface area contributed by atoms with Gasteiger partial charge in [-0.1, -0.05) is 38.1 Å². The fourth-order valence-electron chi connectivity index (χ4n) is 2.68. The first-order valence-corrected chi connectivity index (χ1v) is 9.57. The molecule has 29 heavy (non-hydrogen) atoms. The third kappa shape index (κ3) is 7.75. The average molecular weight is 419 g/mol. The second-order valence-corrected chi connectivity index (χ2v) is 7.47. The van der Waals surface area contributed by atoms with Crippen molar-refractivity contribution >= 4 is 30.0 Å². The van der Waals surface area contributed by atoms with E-state index in [0.717, 1.165) is 5.56 Å². The van der Waals surface area contributed by atoms with Crippen LogP contribution in [0.25, 0.3) is 0 Å². The van der Waals surface area contributed by atoms with Crippen LogP contribution in [0.2, 0.25) is 0 Å². The molecule has 1 atom stereocenters. The van der Waals surface area contributed by atoms with Gasteiger partial charge >= 0.3 is 6.03 Å². The van der Waals surface area contributed by atoms with Gasteiger partial charge in [-0.25, -0.2) is 4.79 Å². The minimum absolute atomic E-state index is 0. The van der Waals surface area contributed by atoms with E-state index in [0.29, 0.717) is 23.7 Å². The molecule has 1 unspecified atom stereocenters. The molecule has 2 rings (SSSR count). The first-order chi connectivity index (χ1) is 13.3. The number of carbonyl (C=O) groups excluding carboxylic acids is 2. The third-order valence-corrected chi connectivity index (χ3v) is 4.34. The molecule has 0 aliphatic rings. The van der Waals surface area contributed by atoms with E-state index in [1.807, 2.05) is 26.0 Å². The van der Waals surface area contributed by atoms with E-state index < -0.39 is 0 Å². The van der Waals surface area contributed by atoms with Gasteiger partial charge in [0, 0.05) is 29.9 Å². The Bertz CT molecular complexity index is 789. The first-order valence-electron chi connectivity index (χ1n) is 9.57. The van der Waals surface area contributed by atoms with Crippen LogP contribution >= 0.6 is 12.4 Å². The topological polar surface area (TPSA) is 96.2 Å². The maximum Gasteiger partial charge on any atom is 0.319 e. The Morgan fingerprint density at radius 2 is 1.45 bits per heavy atom. The van der Waals surface area contributed by atoms with Gasteiger partial charge in [-0.3, -0.25) is 4.79 Å². The molecule has 0 spiro atoms. The number of hydrogen-bond donors (Lipinski definition) is 4. The van der Waals surface area contributed by atoms with Crippen molar-refractivity contribution in [1.82, 2.24) is 10.6 Å². The van der Waals surface area contributed by atoms with Crippen molar-refractivity contribution in [2.24, 2.45) is 5.73 Å². The Morgan fingerprint density at radius 1 is 0.897 bits per heavy atom. The Balaban J connectivity index is 0.00000420. The zero-order chi connectivity index (χ0) is 20.7. The van der Waals surface area contributed by atoms with Gasteiger partial charge < -0.3 is 21.7 Å². The monoisotopic (exact) mass is 418 g/mol. The van der Waals surface area contributed by atoms with Gasteiger partial charge in [0.1, 0.15) is 0 Å². The highest BCUT2D eigenvalue weighted by Crippen LogP contribution is 2.17. The number of nitrogens with one attached hydrogen (secondary N) is 3. The lowest BCUT2D eigenvalue weighted by Gasteiger charge is -2.15. The molecule has 0 bridgehead atoms. The summed E-state index contributed by atoms with van der Waals surface area (Å²) < 4.78 is 0. The Morgan fingerprint density at radius 3 is 1.97 bits per heavy atom. The van der Waals surface area contributed by atoms with Crippen molar-refractivity contribution in [2.45, 2.75) is 45.7 Å². The molecule has 0 radical (unpaired) electrons. The standard InChI is InChI=1S/C22H30N4O2.ClH/c1-14(2)16-5-7-17(8-6-16)20(23)13-24-21(27)18-9-11-19(12-10-18)26-22(28)25-15(3)4;/h5-12,14-15,20H,13,23H2,1-4H3,(H,24,27)(H2,25,26,28);1H. The smallest absolute Gasteiger partial charge is 0.319 e. The Labute approximate surface area is 179 Å². The third-order valence-electron chi connectivity index (χ3n) is 4.34. The molecule has 0 saturated carbocycles. The molecular weight excluding hydrogens is 388 g/mol. The lowest BCUT2D eigenvalue weighted by molar-refractivity contribution is 0.0951. The zero-order valence-electron chi connectivity index (χ0n) is 17.4. The molecule has 0 heterocycles. The zero-order valence-corrected chi connectivity index (χ0v) is 18.2. The Hall–Kier alpha value is -2.57. The molecule has 0 aromatic heterocycles. The lowest BCUT2D eigenvalue weighted by atomic mass is 9.99. The molecule has 0 aliphatic heterocycles. The second-order valence-electron chi connectivity index (χ2n) is 7.47. The second kappa shape index (κ2) is 11.4. The van der Waals surface area contributed by atoms with Crippen LogP contribution in [-0.4, -0.2) is 24.5 Å². The summed E-state index contributed by atoms with van der Waals surface area (Å²) in [5.41, 5.74) is 9.58. The molecule has 6 nitrogen and oxygen atoms in total. The number of nitrogens with two attached hydrogens (primary N) is 1. The number of hydrogen-bond acceptors (Lipinski definition) is 3. The summed E-state index contributed by atoms with van der Waals surface area (Å²) in [4.78, 5) is 24.0. The van der Waals surface area contributed by atoms with E-state index in [1.54, 1.807) is 24.3 Å². The molecule has 0 aliphatic carbocycles. The van der Waals surface area contributed by atoms with Crippen molar-refractivity contribution in [1.29, 1.82) is 0 Å². The van der Waals surface area contributed by atoms with Crippen LogP contribution < -0.4 is 21.7 Å². The maximum absolute atomic E-state index is 12.3. The number of amides is 3. The highest BCUT2D eigenvalue weighted by Gasteiger charge is 2.11. The van der Waals surface area contributed by atoms with Crippen molar-refractivity contribution in [2.75, 3.05) is 11.9 Å². The van der Waals surface area contributed by atoms with Crippen molar-refractivity contribution in [3.05, 3.63) is 65.2 Å². The van der Waals surface area contributed by atoms with E-state index >= 15 is 0 Å². The molecule has 0 fully saturated rings. The molecule has 5 N–H and O–H groups in total. The summed E-state index contributed by atoms with van der Waals surface area (Å²) in [5, 5.41) is 8.32. The minimum Gasteiger partial charge on any atom is -0.350 e. The van der Waals surface area contributed by atoms with Crippen molar-refractivity contribution in [3.8, 4) is 0 Å². The van der Waals surface area contributed by atoms with E-state index in [-0.39, 0.29) is 36.4 Å². The number of anilines is 1. The van der Waals surface area contributed by atoms with Crippen LogP contribution in [0.4, 0.5) is 10.5 Å². The number of rotatable bonds is 7. The van der Waals surface area contributed by atoms with Gasteiger partial charge in [-0.15, -0.1) is 12.4 Å². The number of carbonyl (C=O) groups is 2. The van der Waals surface area contributed by atoms with Crippen LogP contribution in [-0.2, 0) is 0 Å². The SMILES string of the molecule is CC(C)NC(=O)Nc1ccc(C(=O)NCC(N)c2ccc(C(C)C)cc2)cc1.Cl. The number of benzene rings is 2. The van der Waals surface area contributed by atoms with E-state index in [9.17, 15) is 9.59 Å². The van der Waals surface area contributed by atoms with E-state index in [1.165, 1.54) is 5.56 Å². The van der Waals surface area contributed by atoms with Crippen LogP contribution in [0.3, 0.4) is 0 Å². The molecule has 3 amide bonds. The maximum atomic E-state index is 12.3. The molecule has 2 aromatic rings. The molecule has 2 aromatic carbocycles. The largest absolute Gasteiger partial charge is 0.350 e. The summed E-state index contributed by atoms with van der Waals surface area (Å²) in [6, 6.07) is 14.4. The highest BCUT2D eigenvalue weighted by atomic mass is 35.5. The minimum atomic E-state index is -0.276. The molecule has 7 heteroatoms. The predicted octanol–water partition coefficient (Wildman–Crippen LogP) is 4.19.